The van der Waals surface area contributed by atoms with Gasteiger partial charge in [-0.3, -0.25) is 9.97 Å². The molecular formula is C55H41N3. The number of para-hydroxylation sites is 1. The Labute approximate surface area is 339 Å². The molecule has 2 atom stereocenters. The first kappa shape index (κ1) is 33.3. The minimum absolute atomic E-state index is 0.118. The molecule has 0 saturated carbocycles. The Balaban J connectivity index is 0.853. The van der Waals surface area contributed by atoms with Gasteiger partial charge in [0.1, 0.15) is 0 Å². The van der Waals surface area contributed by atoms with E-state index in [1.54, 1.807) is 12.4 Å². The van der Waals surface area contributed by atoms with E-state index >= 15 is 0 Å². The lowest BCUT2D eigenvalue weighted by molar-refractivity contribution is 0.660. The van der Waals surface area contributed by atoms with Crippen LogP contribution >= 0.6 is 0 Å². The minimum Gasteiger partial charge on any atom is -0.333 e. The van der Waals surface area contributed by atoms with Crippen molar-refractivity contribution in [3.8, 4) is 22.3 Å². The van der Waals surface area contributed by atoms with Gasteiger partial charge in [0.05, 0.1) is 17.1 Å². The molecule has 12 rings (SSSR count). The van der Waals surface area contributed by atoms with Crippen LogP contribution in [-0.4, -0.2) is 16.0 Å². The van der Waals surface area contributed by atoms with Gasteiger partial charge in [-0.25, -0.2) is 0 Å². The Morgan fingerprint density at radius 2 is 1.16 bits per heavy atom. The molecule has 3 nitrogen and oxygen atoms in total. The van der Waals surface area contributed by atoms with Gasteiger partial charge in [-0.1, -0.05) is 141 Å². The average Bonchev–Trinajstić information content (AvgIpc) is 3.74. The molecule has 3 aliphatic carbocycles. The first-order valence-corrected chi connectivity index (χ1v) is 20.6. The molecule has 0 N–H and O–H groups in total. The third-order valence-corrected chi connectivity index (χ3v) is 13.4. The zero-order valence-electron chi connectivity index (χ0n) is 32.7. The maximum atomic E-state index is 4.75. The van der Waals surface area contributed by atoms with Crippen LogP contribution in [0.15, 0.2) is 176 Å². The summed E-state index contributed by atoms with van der Waals surface area (Å²) < 4.78 is 0. The Hall–Kier alpha value is -6.84. The fourth-order valence-electron chi connectivity index (χ4n) is 10.5. The third-order valence-electron chi connectivity index (χ3n) is 13.4. The van der Waals surface area contributed by atoms with Crippen molar-refractivity contribution in [1.82, 2.24) is 9.97 Å². The van der Waals surface area contributed by atoms with Crippen LogP contribution in [0.25, 0.3) is 66.0 Å². The SMILES string of the molecule is CC1(C)c2cc(C3=CC=C(c4ccc5c(c4)c4ccccc4c4nccnc54)CC3)ccc2-c2ccc(-c3cccc(N4c5ccccc5C5C=CC=CC54)c3)cc21. The van der Waals surface area contributed by atoms with E-state index in [1.165, 1.54) is 83.4 Å². The van der Waals surface area contributed by atoms with Crippen molar-refractivity contribution in [2.75, 3.05) is 4.90 Å². The van der Waals surface area contributed by atoms with Crippen LogP contribution in [0.5, 0.6) is 0 Å². The zero-order valence-corrected chi connectivity index (χ0v) is 32.7. The lowest BCUT2D eigenvalue weighted by atomic mass is 9.80. The normalized spacial score (nSPS) is 18.6. The second kappa shape index (κ2) is 12.6. The van der Waals surface area contributed by atoms with Crippen LogP contribution in [0, 0.1) is 0 Å². The summed E-state index contributed by atoms with van der Waals surface area (Å²) in [4.78, 5) is 12.0. The van der Waals surface area contributed by atoms with Crippen molar-refractivity contribution in [1.29, 1.82) is 0 Å². The van der Waals surface area contributed by atoms with Crippen molar-refractivity contribution in [3.63, 3.8) is 0 Å². The van der Waals surface area contributed by atoms with Gasteiger partial charge in [0.2, 0.25) is 0 Å². The highest BCUT2D eigenvalue weighted by Gasteiger charge is 2.38. The first-order chi connectivity index (χ1) is 28.5. The Morgan fingerprint density at radius 1 is 0.534 bits per heavy atom. The Morgan fingerprint density at radius 3 is 1.93 bits per heavy atom. The number of benzene rings is 7. The quantitative estimate of drug-likeness (QED) is 0.168. The van der Waals surface area contributed by atoms with Crippen molar-refractivity contribution in [2.24, 2.45) is 0 Å². The highest BCUT2D eigenvalue weighted by Crippen LogP contribution is 2.52. The standard InChI is InChI=1S/C55H41N3/c1-55(2)49-32-38(35-20-18-34(19-21-35)37-24-27-47-48(31-37)41-12-3-4-15-46(41)53-54(47)57-29-28-56-53)22-25-42(49)43-26-23-39(33-50(43)55)36-10-9-11-40(30-36)58-51-16-7-5-13-44(51)45-14-6-8-17-52(45)58/h3-18,20,22-33,44,51H,19,21H2,1-2H3. The lowest BCUT2D eigenvalue weighted by Gasteiger charge is -2.29. The number of hydrogen-bond acceptors (Lipinski definition) is 3. The molecule has 0 amide bonds. The van der Waals surface area contributed by atoms with Crippen LogP contribution in [-0.2, 0) is 5.41 Å². The molecule has 0 radical (unpaired) electrons. The molecule has 0 saturated heterocycles. The van der Waals surface area contributed by atoms with E-state index in [-0.39, 0.29) is 11.5 Å². The van der Waals surface area contributed by atoms with E-state index in [0.29, 0.717) is 5.92 Å². The number of fused-ring (bicyclic) bond motifs is 12. The molecule has 276 valence electrons. The van der Waals surface area contributed by atoms with Crippen LogP contribution < -0.4 is 4.90 Å². The second-order valence-electron chi connectivity index (χ2n) is 16.9. The van der Waals surface area contributed by atoms with E-state index in [9.17, 15) is 0 Å². The summed E-state index contributed by atoms with van der Waals surface area (Å²) in [6, 6.07) is 48.1. The van der Waals surface area contributed by atoms with Gasteiger partial charge in [0.25, 0.3) is 0 Å². The summed E-state index contributed by atoms with van der Waals surface area (Å²) in [5.74, 6) is 0.375. The number of rotatable bonds is 4. The van der Waals surface area contributed by atoms with Gasteiger partial charge in [-0.15, -0.1) is 0 Å². The van der Waals surface area contributed by atoms with Gasteiger partial charge in [0.15, 0.2) is 0 Å². The molecule has 0 spiro atoms. The van der Waals surface area contributed by atoms with Gasteiger partial charge in [-0.2, -0.15) is 0 Å². The molecular weight excluding hydrogens is 703 g/mol. The number of anilines is 2. The molecule has 58 heavy (non-hydrogen) atoms. The fourth-order valence-corrected chi connectivity index (χ4v) is 10.5. The van der Waals surface area contributed by atoms with Crippen molar-refractivity contribution in [2.45, 2.75) is 44.1 Å². The summed E-state index contributed by atoms with van der Waals surface area (Å²) in [5.41, 5.74) is 19.2. The van der Waals surface area contributed by atoms with Crippen molar-refractivity contribution in [3.05, 3.63) is 204 Å². The molecule has 1 aliphatic heterocycles. The van der Waals surface area contributed by atoms with Gasteiger partial charge in [0, 0.05) is 45.9 Å². The van der Waals surface area contributed by atoms with E-state index in [0.717, 1.165) is 34.6 Å². The Kier molecular flexibility index (Phi) is 7.23. The average molecular weight is 744 g/mol. The predicted octanol–water partition coefficient (Wildman–Crippen LogP) is 13.9. The first-order valence-electron chi connectivity index (χ1n) is 20.6. The topological polar surface area (TPSA) is 29.0 Å². The number of allylic oxidation sites excluding steroid dienone is 6. The highest BCUT2D eigenvalue weighted by molar-refractivity contribution is 6.23. The largest absolute Gasteiger partial charge is 0.333 e. The lowest BCUT2D eigenvalue weighted by Crippen LogP contribution is -2.28. The monoisotopic (exact) mass is 743 g/mol. The summed E-state index contributed by atoms with van der Waals surface area (Å²) in [5, 5.41) is 4.77. The van der Waals surface area contributed by atoms with E-state index in [2.05, 4.69) is 183 Å². The number of aromatic nitrogens is 2. The summed E-state index contributed by atoms with van der Waals surface area (Å²) in [7, 11) is 0. The summed E-state index contributed by atoms with van der Waals surface area (Å²) in [6.07, 6.45) is 19.4. The van der Waals surface area contributed by atoms with E-state index in [4.69, 9.17) is 9.97 Å². The molecule has 0 bridgehead atoms. The van der Waals surface area contributed by atoms with Gasteiger partial charge >= 0.3 is 0 Å². The molecule has 8 aromatic rings. The molecule has 1 aromatic heterocycles. The molecule has 0 fully saturated rings. The maximum Gasteiger partial charge on any atom is 0.0971 e. The van der Waals surface area contributed by atoms with Crippen LogP contribution in [0.4, 0.5) is 11.4 Å². The molecule has 2 unspecified atom stereocenters. The summed E-state index contributed by atoms with van der Waals surface area (Å²) in [6.45, 7) is 4.80. The second-order valence-corrected chi connectivity index (χ2v) is 16.9. The summed E-state index contributed by atoms with van der Waals surface area (Å²) >= 11 is 0. The molecule has 2 heterocycles. The van der Waals surface area contributed by atoms with Crippen molar-refractivity contribution < 1.29 is 0 Å². The van der Waals surface area contributed by atoms with Crippen molar-refractivity contribution >= 4 is 55.1 Å². The van der Waals surface area contributed by atoms with Gasteiger partial charge in [-0.05, 0) is 121 Å². The van der Waals surface area contributed by atoms with Crippen LogP contribution in [0.2, 0.25) is 0 Å². The fraction of sp³-hybridized carbons (Fsp3) is 0.127. The van der Waals surface area contributed by atoms with Crippen LogP contribution in [0.3, 0.4) is 0 Å². The van der Waals surface area contributed by atoms with Gasteiger partial charge < -0.3 is 4.90 Å². The minimum atomic E-state index is -0.118. The Bertz CT molecular complexity index is 3140. The highest BCUT2D eigenvalue weighted by atomic mass is 15.2. The van der Waals surface area contributed by atoms with E-state index in [1.807, 2.05) is 0 Å². The molecule has 7 aromatic carbocycles. The number of nitrogens with zero attached hydrogens (tertiary/aromatic N) is 3. The van der Waals surface area contributed by atoms with Crippen LogP contribution in [0.1, 0.15) is 60.4 Å². The predicted molar refractivity (Wildman–Crippen MR) is 243 cm³/mol. The zero-order chi connectivity index (χ0) is 38.5. The number of hydrogen-bond donors (Lipinski definition) is 0. The smallest absolute Gasteiger partial charge is 0.0971 e. The molecule has 4 aliphatic rings. The van der Waals surface area contributed by atoms with E-state index < -0.39 is 0 Å². The molecule has 3 heteroatoms. The third kappa shape index (κ3) is 4.92. The maximum absolute atomic E-state index is 4.75.